The highest BCUT2D eigenvalue weighted by Gasteiger charge is 2.17. The number of carboxylic acid groups (broad SMARTS) is 1. The number of aryl methyl sites for hydroxylation is 1. The van der Waals surface area contributed by atoms with Crippen LogP contribution in [0.3, 0.4) is 0 Å². The van der Waals surface area contributed by atoms with Gasteiger partial charge in [0.2, 0.25) is 0 Å². The number of carbonyl (C=O) groups is 1. The first kappa shape index (κ1) is 16.0. The van der Waals surface area contributed by atoms with Crippen LogP contribution in [0.15, 0.2) is 16.6 Å². The predicted molar refractivity (Wildman–Crippen MR) is 85.3 cm³/mol. The lowest BCUT2D eigenvalue weighted by Crippen LogP contribution is -2.09. The zero-order valence-corrected chi connectivity index (χ0v) is 14.0. The molecule has 2 heterocycles. The molecule has 0 amide bonds. The van der Waals surface area contributed by atoms with Gasteiger partial charge >= 0.3 is 5.97 Å². The minimum absolute atomic E-state index is 0.00129. The molecule has 0 aliphatic heterocycles. The van der Waals surface area contributed by atoms with Gasteiger partial charge in [0.05, 0.1) is 12.3 Å². The van der Waals surface area contributed by atoms with Gasteiger partial charge in [-0.1, -0.05) is 32.5 Å². The van der Waals surface area contributed by atoms with Crippen LogP contribution in [0.1, 0.15) is 43.0 Å². The SMILES string of the molecule is CCc1ccsc1Cn1c(SCC(=O)O)nnc1C(C)C. The fourth-order valence-corrected chi connectivity index (χ4v) is 3.70. The average Bonchev–Trinajstić information content (AvgIpc) is 3.03. The van der Waals surface area contributed by atoms with Crippen molar-refractivity contribution in [2.24, 2.45) is 0 Å². The van der Waals surface area contributed by atoms with Crippen molar-refractivity contribution in [1.29, 1.82) is 0 Å². The molecule has 0 spiro atoms. The lowest BCUT2D eigenvalue weighted by Gasteiger charge is -2.11. The second-order valence-electron chi connectivity index (χ2n) is 4.99. The summed E-state index contributed by atoms with van der Waals surface area (Å²) < 4.78 is 2.04. The van der Waals surface area contributed by atoms with Crippen LogP contribution >= 0.6 is 23.1 Å². The Kier molecular flexibility index (Phi) is 5.41. The first-order valence-electron chi connectivity index (χ1n) is 6.85. The van der Waals surface area contributed by atoms with Crippen molar-refractivity contribution in [2.45, 2.75) is 44.8 Å². The van der Waals surface area contributed by atoms with E-state index >= 15 is 0 Å². The fraction of sp³-hybridized carbons (Fsp3) is 0.500. The number of carboxylic acids is 1. The van der Waals surface area contributed by atoms with Crippen molar-refractivity contribution >= 4 is 29.1 Å². The number of hydrogen-bond donors (Lipinski definition) is 1. The maximum Gasteiger partial charge on any atom is 0.313 e. The molecule has 0 saturated carbocycles. The van der Waals surface area contributed by atoms with E-state index in [0.717, 1.165) is 12.2 Å². The molecule has 1 N–H and O–H groups in total. The Labute approximate surface area is 132 Å². The van der Waals surface area contributed by atoms with Crippen molar-refractivity contribution in [2.75, 3.05) is 5.75 Å². The molecule has 0 aliphatic carbocycles. The molecule has 0 aliphatic rings. The van der Waals surface area contributed by atoms with E-state index < -0.39 is 5.97 Å². The zero-order chi connectivity index (χ0) is 15.4. The number of thiophene rings is 1. The molecular formula is C14H19N3O2S2. The maximum absolute atomic E-state index is 10.8. The van der Waals surface area contributed by atoms with Gasteiger partial charge in [0.1, 0.15) is 5.82 Å². The first-order chi connectivity index (χ1) is 10.0. The summed E-state index contributed by atoms with van der Waals surface area (Å²) >= 11 is 2.95. The number of rotatable bonds is 7. The van der Waals surface area contributed by atoms with Crippen LogP contribution in [0.2, 0.25) is 0 Å². The summed E-state index contributed by atoms with van der Waals surface area (Å²) in [6, 6.07) is 2.14. The highest BCUT2D eigenvalue weighted by Crippen LogP contribution is 2.25. The highest BCUT2D eigenvalue weighted by molar-refractivity contribution is 7.99. The molecule has 2 aromatic rings. The van der Waals surface area contributed by atoms with Gasteiger partial charge in [-0.25, -0.2) is 0 Å². The molecule has 0 fully saturated rings. The molecule has 21 heavy (non-hydrogen) atoms. The van der Waals surface area contributed by atoms with Gasteiger partial charge in [0.15, 0.2) is 5.16 Å². The Morgan fingerprint density at radius 3 is 2.86 bits per heavy atom. The molecule has 0 atom stereocenters. The summed E-state index contributed by atoms with van der Waals surface area (Å²) in [5.41, 5.74) is 1.33. The molecule has 114 valence electrons. The third-order valence-corrected chi connectivity index (χ3v) is 5.01. The summed E-state index contributed by atoms with van der Waals surface area (Å²) in [7, 11) is 0. The van der Waals surface area contributed by atoms with E-state index in [1.54, 1.807) is 11.3 Å². The molecule has 0 bridgehead atoms. The standard InChI is InChI=1S/C14H19N3O2S2/c1-4-10-5-6-20-11(10)7-17-13(9(2)3)15-16-14(17)21-8-12(18)19/h5-6,9H,4,7-8H2,1-3H3,(H,18,19). The zero-order valence-electron chi connectivity index (χ0n) is 12.4. The Balaban J connectivity index is 2.30. The Hall–Kier alpha value is -1.34. The largest absolute Gasteiger partial charge is 0.481 e. The molecule has 0 aromatic carbocycles. The van der Waals surface area contributed by atoms with Crippen LogP contribution in [-0.2, 0) is 17.8 Å². The number of aliphatic carboxylic acids is 1. The Morgan fingerprint density at radius 1 is 1.48 bits per heavy atom. The average molecular weight is 325 g/mol. The molecule has 2 aromatic heterocycles. The van der Waals surface area contributed by atoms with Gasteiger partial charge in [0.25, 0.3) is 0 Å². The number of nitrogens with zero attached hydrogens (tertiary/aromatic N) is 3. The number of thioether (sulfide) groups is 1. The molecule has 0 radical (unpaired) electrons. The van der Waals surface area contributed by atoms with Crippen LogP contribution in [0, 0.1) is 0 Å². The van der Waals surface area contributed by atoms with E-state index in [9.17, 15) is 4.79 Å². The van der Waals surface area contributed by atoms with Gasteiger partial charge in [-0.15, -0.1) is 21.5 Å². The molecule has 0 saturated heterocycles. The highest BCUT2D eigenvalue weighted by atomic mass is 32.2. The van der Waals surface area contributed by atoms with Gasteiger partial charge in [0, 0.05) is 10.8 Å². The van der Waals surface area contributed by atoms with Crippen LogP contribution in [0.5, 0.6) is 0 Å². The molecule has 7 heteroatoms. The van der Waals surface area contributed by atoms with Crippen molar-refractivity contribution in [3.05, 3.63) is 27.7 Å². The molecule has 0 unspecified atom stereocenters. The monoisotopic (exact) mass is 325 g/mol. The van der Waals surface area contributed by atoms with Gasteiger partial charge < -0.3 is 9.67 Å². The fourth-order valence-electron chi connectivity index (χ4n) is 2.07. The van der Waals surface area contributed by atoms with E-state index in [1.807, 2.05) is 4.57 Å². The second kappa shape index (κ2) is 7.09. The summed E-state index contributed by atoms with van der Waals surface area (Å²) in [6.45, 7) is 6.99. The number of hydrogen-bond acceptors (Lipinski definition) is 5. The van der Waals surface area contributed by atoms with E-state index in [0.29, 0.717) is 11.7 Å². The predicted octanol–water partition coefficient (Wildman–Crippen LogP) is 3.25. The minimum atomic E-state index is -0.842. The van der Waals surface area contributed by atoms with Gasteiger partial charge in [-0.05, 0) is 23.4 Å². The number of aromatic nitrogens is 3. The Bertz CT molecular complexity index is 620. The van der Waals surface area contributed by atoms with E-state index in [1.165, 1.54) is 22.2 Å². The third-order valence-electron chi connectivity index (χ3n) is 3.11. The first-order valence-corrected chi connectivity index (χ1v) is 8.72. The molecule has 5 nitrogen and oxygen atoms in total. The smallest absolute Gasteiger partial charge is 0.313 e. The van der Waals surface area contributed by atoms with Crippen molar-refractivity contribution in [3.8, 4) is 0 Å². The van der Waals surface area contributed by atoms with Gasteiger partial charge in [-0.3, -0.25) is 4.79 Å². The van der Waals surface area contributed by atoms with Crippen molar-refractivity contribution < 1.29 is 9.90 Å². The lowest BCUT2D eigenvalue weighted by atomic mass is 10.2. The summed E-state index contributed by atoms with van der Waals surface area (Å²) in [6.07, 6.45) is 0.996. The van der Waals surface area contributed by atoms with Crippen molar-refractivity contribution in [1.82, 2.24) is 14.8 Å². The van der Waals surface area contributed by atoms with E-state index in [2.05, 4.69) is 42.4 Å². The van der Waals surface area contributed by atoms with Crippen LogP contribution in [0.4, 0.5) is 0 Å². The molecular weight excluding hydrogens is 306 g/mol. The summed E-state index contributed by atoms with van der Waals surface area (Å²) in [5.74, 6) is 0.312. The van der Waals surface area contributed by atoms with E-state index in [4.69, 9.17) is 5.11 Å². The summed E-state index contributed by atoms with van der Waals surface area (Å²) in [5, 5.41) is 20.0. The van der Waals surface area contributed by atoms with E-state index in [-0.39, 0.29) is 11.7 Å². The maximum atomic E-state index is 10.8. The van der Waals surface area contributed by atoms with Crippen LogP contribution < -0.4 is 0 Å². The molecule has 2 rings (SSSR count). The summed E-state index contributed by atoms with van der Waals surface area (Å²) in [4.78, 5) is 12.1. The van der Waals surface area contributed by atoms with Crippen molar-refractivity contribution in [3.63, 3.8) is 0 Å². The van der Waals surface area contributed by atoms with Gasteiger partial charge in [-0.2, -0.15) is 0 Å². The lowest BCUT2D eigenvalue weighted by molar-refractivity contribution is -0.133. The quantitative estimate of drug-likeness (QED) is 0.791. The topological polar surface area (TPSA) is 68.0 Å². The third kappa shape index (κ3) is 3.85. The second-order valence-corrected chi connectivity index (χ2v) is 6.93. The van der Waals surface area contributed by atoms with Crippen LogP contribution in [0.25, 0.3) is 0 Å². The minimum Gasteiger partial charge on any atom is -0.481 e. The Morgan fingerprint density at radius 2 is 2.24 bits per heavy atom. The van der Waals surface area contributed by atoms with Crippen LogP contribution in [-0.4, -0.2) is 31.6 Å². The normalized spacial score (nSPS) is 11.2.